The van der Waals surface area contributed by atoms with Crippen molar-refractivity contribution < 1.29 is 19.5 Å². The molecular weight excluding hydrogens is 234 g/mol. The monoisotopic (exact) mass is 245 g/mol. The lowest BCUT2D eigenvalue weighted by Gasteiger charge is -2.16. The highest BCUT2D eigenvalue weighted by atomic mass is 16.4. The maximum atomic E-state index is 11.8. The molecule has 1 heterocycles. The van der Waals surface area contributed by atoms with Gasteiger partial charge in [0.15, 0.2) is 0 Å². The lowest BCUT2D eigenvalue weighted by molar-refractivity contribution is -0.142. The molecular formula is C13H11NO4. The summed E-state index contributed by atoms with van der Waals surface area (Å²) in [6, 6.07) is 6.31. The molecule has 1 saturated heterocycles. The molecule has 2 aliphatic rings. The first kappa shape index (κ1) is 11.0. The Labute approximate surface area is 103 Å². The van der Waals surface area contributed by atoms with Crippen LogP contribution in [0.2, 0.25) is 0 Å². The Bertz CT molecular complexity index is 546. The lowest BCUT2D eigenvalue weighted by atomic mass is 10.1. The van der Waals surface area contributed by atoms with Crippen LogP contribution in [0, 0.1) is 11.8 Å². The topological polar surface area (TPSA) is 74.7 Å². The number of benzene rings is 1. The van der Waals surface area contributed by atoms with Crippen LogP contribution < -0.4 is 0 Å². The van der Waals surface area contributed by atoms with Gasteiger partial charge in [0.2, 0.25) is 11.8 Å². The van der Waals surface area contributed by atoms with Crippen molar-refractivity contribution in [2.75, 3.05) is 0 Å². The van der Waals surface area contributed by atoms with Crippen molar-refractivity contribution in [3.8, 4) is 0 Å². The number of amides is 2. The zero-order chi connectivity index (χ0) is 12.9. The summed E-state index contributed by atoms with van der Waals surface area (Å²) in [5, 5.41) is 8.88. The molecule has 1 aromatic rings. The van der Waals surface area contributed by atoms with Gasteiger partial charge in [-0.1, -0.05) is 12.1 Å². The number of hydrogen-bond acceptors (Lipinski definition) is 3. The van der Waals surface area contributed by atoms with Gasteiger partial charge in [0.1, 0.15) is 0 Å². The summed E-state index contributed by atoms with van der Waals surface area (Å²) in [6.45, 7) is 0.172. The number of carbonyl (C=O) groups excluding carboxylic acids is 2. The number of nitrogens with zero attached hydrogens (tertiary/aromatic N) is 1. The summed E-state index contributed by atoms with van der Waals surface area (Å²) in [6.07, 6.45) is 0.684. The Morgan fingerprint density at radius 3 is 2.56 bits per heavy atom. The summed E-state index contributed by atoms with van der Waals surface area (Å²) >= 11 is 0. The molecule has 1 N–H and O–H groups in total. The summed E-state index contributed by atoms with van der Waals surface area (Å²) in [5.74, 6) is -1.48. The van der Waals surface area contributed by atoms with E-state index in [9.17, 15) is 14.4 Å². The predicted molar refractivity (Wildman–Crippen MR) is 60.6 cm³/mol. The van der Waals surface area contributed by atoms with E-state index < -0.39 is 5.97 Å². The smallest absolute Gasteiger partial charge is 0.335 e. The minimum Gasteiger partial charge on any atom is -0.478 e. The molecule has 1 aliphatic carbocycles. The molecule has 0 spiro atoms. The molecule has 1 saturated carbocycles. The van der Waals surface area contributed by atoms with E-state index in [4.69, 9.17) is 5.11 Å². The molecule has 18 heavy (non-hydrogen) atoms. The van der Waals surface area contributed by atoms with E-state index in [1.165, 1.54) is 17.0 Å². The minimum atomic E-state index is -1.02. The van der Waals surface area contributed by atoms with Gasteiger partial charge in [-0.2, -0.15) is 0 Å². The molecule has 5 nitrogen and oxygen atoms in total. The van der Waals surface area contributed by atoms with Crippen LogP contribution in [0.15, 0.2) is 24.3 Å². The molecule has 2 atom stereocenters. The number of carbonyl (C=O) groups is 3. The van der Waals surface area contributed by atoms with Crippen molar-refractivity contribution in [1.82, 2.24) is 4.90 Å². The normalized spacial score (nSPS) is 25.2. The van der Waals surface area contributed by atoms with Crippen LogP contribution in [0.1, 0.15) is 22.3 Å². The number of piperidine rings is 1. The average molecular weight is 245 g/mol. The number of hydrogen-bond donors (Lipinski definition) is 1. The van der Waals surface area contributed by atoms with Crippen molar-refractivity contribution in [1.29, 1.82) is 0 Å². The van der Waals surface area contributed by atoms with E-state index >= 15 is 0 Å². The molecule has 5 heteroatoms. The van der Waals surface area contributed by atoms with Gasteiger partial charge in [0, 0.05) is 0 Å². The Hall–Kier alpha value is -2.17. The second kappa shape index (κ2) is 3.66. The third-order valence-electron chi connectivity index (χ3n) is 3.47. The number of rotatable bonds is 3. The van der Waals surface area contributed by atoms with Crippen molar-refractivity contribution in [2.45, 2.75) is 13.0 Å². The van der Waals surface area contributed by atoms with Gasteiger partial charge in [0.05, 0.1) is 23.9 Å². The van der Waals surface area contributed by atoms with Crippen LogP contribution >= 0.6 is 0 Å². The maximum absolute atomic E-state index is 11.8. The third kappa shape index (κ3) is 1.59. The largest absolute Gasteiger partial charge is 0.478 e. The zero-order valence-corrected chi connectivity index (χ0v) is 9.50. The van der Waals surface area contributed by atoms with Crippen LogP contribution in [0.5, 0.6) is 0 Å². The van der Waals surface area contributed by atoms with E-state index in [2.05, 4.69) is 0 Å². The Kier molecular flexibility index (Phi) is 2.23. The Balaban J connectivity index is 1.81. The molecule has 1 aliphatic heterocycles. The van der Waals surface area contributed by atoms with E-state index in [1.807, 2.05) is 0 Å². The average Bonchev–Trinajstić information content (AvgIpc) is 3.10. The lowest BCUT2D eigenvalue weighted by Crippen LogP contribution is -2.32. The second-order valence-corrected chi connectivity index (χ2v) is 4.72. The fraction of sp³-hybridized carbons (Fsp3) is 0.308. The second-order valence-electron chi connectivity index (χ2n) is 4.72. The molecule has 3 rings (SSSR count). The molecule has 2 amide bonds. The minimum absolute atomic E-state index is 0.111. The summed E-state index contributed by atoms with van der Waals surface area (Å²) in [4.78, 5) is 35.6. The van der Waals surface area contributed by atoms with Gasteiger partial charge in [-0.05, 0) is 24.1 Å². The molecule has 2 fully saturated rings. The Morgan fingerprint density at radius 1 is 1.28 bits per heavy atom. The standard InChI is InChI=1S/C13H11NO4/c15-11-9-5-10(9)12(16)14(11)6-7-2-1-3-8(4-7)13(17)18/h1-4,9-10H,5-6H2,(H,17,18). The van der Waals surface area contributed by atoms with Crippen molar-refractivity contribution >= 4 is 17.8 Å². The van der Waals surface area contributed by atoms with Crippen molar-refractivity contribution in [3.63, 3.8) is 0 Å². The van der Waals surface area contributed by atoms with Crippen LogP contribution in [0.4, 0.5) is 0 Å². The van der Waals surface area contributed by atoms with E-state index in [0.29, 0.717) is 12.0 Å². The first-order chi connectivity index (χ1) is 8.58. The van der Waals surface area contributed by atoms with Crippen LogP contribution in [0.3, 0.4) is 0 Å². The van der Waals surface area contributed by atoms with Crippen LogP contribution in [-0.2, 0) is 16.1 Å². The van der Waals surface area contributed by atoms with Gasteiger partial charge in [-0.15, -0.1) is 0 Å². The zero-order valence-electron chi connectivity index (χ0n) is 9.50. The number of carboxylic acids is 1. The maximum Gasteiger partial charge on any atom is 0.335 e. The van der Waals surface area contributed by atoms with Gasteiger partial charge >= 0.3 is 5.97 Å². The SMILES string of the molecule is O=C(O)c1cccc(CN2C(=O)C3CC3C2=O)c1. The van der Waals surface area contributed by atoms with Crippen molar-refractivity contribution in [3.05, 3.63) is 35.4 Å². The van der Waals surface area contributed by atoms with Crippen molar-refractivity contribution in [2.24, 2.45) is 11.8 Å². The highest BCUT2D eigenvalue weighted by Gasteiger charge is 2.58. The van der Waals surface area contributed by atoms with Gasteiger partial charge in [0.25, 0.3) is 0 Å². The number of aromatic carboxylic acids is 1. The number of likely N-dealkylation sites (tertiary alicyclic amines) is 1. The summed E-state index contributed by atoms with van der Waals surface area (Å²) < 4.78 is 0. The molecule has 2 unspecified atom stereocenters. The van der Waals surface area contributed by atoms with E-state index in [1.54, 1.807) is 12.1 Å². The first-order valence-electron chi connectivity index (χ1n) is 5.75. The van der Waals surface area contributed by atoms with Crippen LogP contribution in [-0.4, -0.2) is 27.8 Å². The quantitative estimate of drug-likeness (QED) is 0.802. The van der Waals surface area contributed by atoms with Gasteiger partial charge in [-0.25, -0.2) is 4.79 Å². The number of fused-ring (bicyclic) bond motifs is 1. The molecule has 0 radical (unpaired) electrons. The molecule has 1 aromatic carbocycles. The predicted octanol–water partition coefficient (Wildman–Crippen LogP) is 0.890. The summed E-state index contributed by atoms with van der Waals surface area (Å²) in [7, 11) is 0. The number of carboxylic acid groups (broad SMARTS) is 1. The summed E-state index contributed by atoms with van der Waals surface area (Å²) in [5.41, 5.74) is 0.828. The molecule has 92 valence electrons. The highest BCUT2D eigenvalue weighted by Crippen LogP contribution is 2.47. The molecule has 0 bridgehead atoms. The fourth-order valence-electron chi connectivity index (χ4n) is 2.39. The van der Waals surface area contributed by atoms with E-state index in [0.717, 1.165) is 0 Å². The molecule has 0 aromatic heterocycles. The Morgan fingerprint density at radius 2 is 1.94 bits per heavy atom. The third-order valence-corrected chi connectivity index (χ3v) is 3.47. The van der Waals surface area contributed by atoms with Crippen LogP contribution in [0.25, 0.3) is 0 Å². The number of imide groups is 1. The van der Waals surface area contributed by atoms with Gasteiger partial charge < -0.3 is 5.11 Å². The van der Waals surface area contributed by atoms with Gasteiger partial charge in [-0.3, -0.25) is 14.5 Å². The first-order valence-corrected chi connectivity index (χ1v) is 5.75. The van der Waals surface area contributed by atoms with E-state index in [-0.39, 0.29) is 35.8 Å². The fourth-order valence-corrected chi connectivity index (χ4v) is 2.39. The highest BCUT2D eigenvalue weighted by molar-refractivity contribution is 6.08.